The minimum Gasteiger partial charge on any atom is -0.476 e. The Morgan fingerprint density at radius 1 is 1.15 bits per heavy atom. The third-order valence-corrected chi connectivity index (χ3v) is 4.19. The topological polar surface area (TPSA) is 102 Å². The summed E-state index contributed by atoms with van der Waals surface area (Å²) >= 11 is 0. The van der Waals surface area contributed by atoms with E-state index >= 15 is 0 Å². The van der Waals surface area contributed by atoms with Crippen molar-refractivity contribution in [1.29, 1.82) is 0 Å². The van der Waals surface area contributed by atoms with Crippen LogP contribution in [0.2, 0.25) is 0 Å². The van der Waals surface area contributed by atoms with Crippen LogP contribution in [0.5, 0.6) is 5.75 Å². The molecule has 1 aliphatic rings. The number of hydrogen-bond acceptors (Lipinski definition) is 6. The van der Waals surface area contributed by atoms with Gasteiger partial charge < -0.3 is 15.0 Å². The number of nitrogens with one attached hydrogen (secondary N) is 1. The van der Waals surface area contributed by atoms with E-state index in [0.29, 0.717) is 17.1 Å². The standard InChI is InChI=1S/C18H16N6O3/c1-12(25)23-10-17(27-16-5-3-2-4-15(16)23)18(26)20-13-6-8-14(9-7-13)24-11-19-21-22-24/h2-9,11,17H,10H2,1H3,(H,20,26)/t17-/m0/s1. The highest BCUT2D eigenvalue weighted by Gasteiger charge is 2.32. The number of amides is 2. The second kappa shape index (κ2) is 6.87. The maximum absolute atomic E-state index is 12.6. The number of carbonyl (C=O) groups is 2. The van der Waals surface area contributed by atoms with Gasteiger partial charge in [0.05, 0.1) is 17.9 Å². The van der Waals surface area contributed by atoms with Crippen molar-refractivity contribution in [3.8, 4) is 11.4 Å². The fourth-order valence-electron chi connectivity index (χ4n) is 2.87. The average molecular weight is 364 g/mol. The second-order valence-corrected chi connectivity index (χ2v) is 5.99. The minimum absolute atomic E-state index is 0.144. The van der Waals surface area contributed by atoms with Gasteiger partial charge in [-0.2, -0.15) is 0 Å². The van der Waals surface area contributed by atoms with Gasteiger partial charge in [0, 0.05) is 12.6 Å². The van der Waals surface area contributed by atoms with Crippen molar-refractivity contribution in [1.82, 2.24) is 20.2 Å². The number of aromatic nitrogens is 4. The molecule has 3 aromatic rings. The highest BCUT2D eigenvalue weighted by molar-refractivity contribution is 5.99. The first-order valence-corrected chi connectivity index (χ1v) is 8.30. The van der Waals surface area contributed by atoms with Crippen LogP contribution in [0.25, 0.3) is 5.69 Å². The summed E-state index contributed by atoms with van der Waals surface area (Å²) in [7, 11) is 0. The van der Waals surface area contributed by atoms with Crippen LogP contribution in [0.3, 0.4) is 0 Å². The second-order valence-electron chi connectivity index (χ2n) is 5.99. The number of ether oxygens (including phenoxy) is 1. The molecule has 0 spiro atoms. The molecule has 0 unspecified atom stereocenters. The van der Waals surface area contributed by atoms with Crippen molar-refractivity contribution in [2.45, 2.75) is 13.0 Å². The number of benzene rings is 2. The summed E-state index contributed by atoms with van der Waals surface area (Å²) in [6, 6.07) is 14.2. The van der Waals surface area contributed by atoms with E-state index in [1.54, 1.807) is 47.4 Å². The number of anilines is 2. The van der Waals surface area contributed by atoms with Crippen LogP contribution in [0.1, 0.15) is 6.92 Å². The monoisotopic (exact) mass is 364 g/mol. The first-order chi connectivity index (χ1) is 13.1. The van der Waals surface area contributed by atoms with Crippen LogP contribution in [-0.2, 0) is 9.59 Å². The lowest BCUT2D eigenvalue weighted by Gasteiger charge is -2.33. The van der Waals surface area contributed by atoms with E-state index in [-0.39, 0.29) is 18.4 Å². The summed E-state index contributed by atoms with van der Waals surface area (Å²) in [4.78, 5) is 26.2. The molecule has 9 nitrogen and oxygen atoms in total. The van der Waals surface area contributed by atoms with Crippen molar-refractivity contribution >= 4 is 23.2 Å². The third-order valence-electron chi connectivity index (χ3n) is 4.19. The molecule has 2 amide bonds. The summed E-state index contributed by atoms with van der Waals surface area (Å²) in [5, 5.41) is 13.8. The Kier molecular flexibility index (Phi) is 4.25. The molecule has 0 bridgehead atoms. The Bertz CT molecular complexity index is 971. The Morgan fingerprint density at radius 2 is 1.93 bits per heavy atom. The van der Waals surface area contributed by atoms with Crippen LogP contribution in [0.4, 0.5) is 11.4 Å². The average Bonchev–Trinajstić information content (AvgIpc) is 3.22. The van der Waals surface area contributed by atoms with Crippen LogP contribution in [-0.4, -0.2) is 44.7 Å². The van der Waals surface area contributed by atoms with Crippen molar-refractivity contribution in [3.05, 3.63) is 54.9 Å². The molecular weight excluding hydrogens is 348 g/mol. The zero-order chi connectivity index (χ0) is 18.8. The van der Waals surface area contributed by atoms with E-state index in [1.165, 1.54) is 17.9 Å². The molecule has 136 valence electrons. The highest BCUT2D eigenvalue weighted by atomic mass is 16.5. The Hall–Kier alpha value is -3.75. The van der Waals surface area contributed by atoms with Crippen molar-refractivity contribution in [3.63, 3.8) is 0 Å². The first kappa shape index (κ1) is 16.7. The van der Waals surface area contributed by atoms with Crippen LogP contribution in [0.15, 0.2) is 54.9 Å². The molecule has 0 radical (unpaired) electrons. The van der Waals surface area contributed by atoms with Gasteiger partial charge in [-0.25, -0.2) is 4.68 Å². The number of carbonyl (C=O) groups excluding carboxylic acids is 2. The summed E-state index contributed by atoms with van der Waals surface area (Å²) in [5.41, 5.74) is 2.04. The maximum atomic E-state index is 12.6. The smallest absolute Gasteiger partial charge is 0.267 e. The summed E-state index contributed by atoms with van der Waals surface area (Å²) in [5.74, 6) is 0.0356. The Balaban J connectivity index is 1.49. The fourth-order valence-corrected chi connectivity index (χ4v) is 2.87. The van der Waals surface area contributed by atoms with Gasteiger partial charge in [-0.15, -0.1) is 5.10 Å². The number of hydrogen-bond donors (Lipinski definition) is 1. The third kappa shape index (κ3) is 3.34. The van der Waals surface area contributed by atoms with E-state index < -0.39 is 6.10 Å². The molecule has 27 heavy (non-hydrogen) atoms. The van der Waals surface area contributed by atoms with E-state index in [2.05, 4.69) is 20.8 Å². The molecule has 0 saturated carbocycles. The summed E-state index contributed by atoms with van der Waals surface area (Å²) in [6.45, 7) is 1.62. The SMILES string of the molecule is CC(=O)N1C[C@@H](C(=O)Nc2ccc(-n3cnnn3)cc2)Oc2ccccc21. The highest BCUT2D eigenvalue weighted by Crippen LogP contribution is 2.33. The Labute approximate surface area is 154 Å². The molecule has 1 atom stereocenters. The van der Waals surface area contributed by atoms with E-state index in [4.69, 9.17) is 4.74 Å². The number of tetrazole rings is 1. The van der Waals surface area contributed by atoms with Crippen LogP contribution in [0, 0.1) is 0 Å². The minimum atomic E-state index is -0.803. The van der Waals surface area contributed by atoms with E-state index in [1.807, 2.05) is 6.07 Å². The van der Waals surface area contributed by atoms with Crippen molar-refractivity contribution < 1.29 is 14.3 Å². The zero-order valence-electron chi connectivity index (χ0n) is 14.4. The van der Waals surface area contributed by atoms with Gasteiger partial charge in [-0.3, -0.25) is 9.59 Å². The van der Waals surface area contributed by atoms with Crippen molar-refractivity contribution in [2.75, 3.05) is 16.8 Å². The van der Waals surface area contributed by atoms with Gasteiger partial charge in [-0.05, 0) is 46.8 Å². The number of nitrogens with zero attached hydrogens (tertiary/aromatic N) is 5. The molecule has 1 N–H and O–H groups in total. The molecule has 1 aliphatic heterocycles. The molecular formula is C18H16N6O3. The fraction of sp³-hybridized carbons (Fsp3) is 0.167. The molecule has 0 saturated heterocycles. The lowest BCUT2D eigenvalue weighted by atomic mass is 10.1. The molecule has 1 aromatic heterocycles. The maximum Gasteiger partial charge on any atom is 0.267 e. The Morgan fingerprint density at radius 3 is 2.63 bits per heavy atom. The predicted octanol–water partition coefficient (Wildman–Crippen LogP) is 1.41. The first-order valence-electron chi connectivity index (χ1n) is 8.30. The van der Waals surface area contributed by atoms with Gasteiger partial charge in [0.2, 0.25) is 5.91 Å². The quantitative estimate of drug-likeness (QED) is 0.754. The lowest BCUT2D eigenvalue weighted by molar-refractivity contribution is -0.123. The van der Waals surface area contributed by atoms with Crippen LogP contribution < -0.4 is 15.0 Å². The zero-order valence-corrected chi connectivity index (χ0v) is 14.4. The van der Waals surface area contributed by atoms with Gasteiger partial charge in [-0.1, -0.05) is 12.1 Å². The normalized spacial score (nSPS) is 15.6. The predicted molar refractivity (Wildman–Crippen MR) is 96.7 cm³/mol. The molecule has 0 aliphatic carbocycles. The molecule has 0 fully saturated rings. The lowest BCUT2D eigenvalue weighted by Crippen LogP contribution is -2.48. The van der Waals surface area contributed by atoms with E-state index in [9.17, 15) is 9.59 Å². The van der Waals surface area contributed by atoms with Crippen LogP contribution >= 0.6 is 0 Å². The van der Waals surface area contributed by atoms with Gasteiger partial charge in [0.1, 0.15) is 12.1 Å². The summed E-state index contributed by atoms with van der Waals surface area (Å²) < 4.78 is 7.30. The summed E-state index contributed by atoms with van der Waals surface area (Å²) in [6.07, 6.45) is 0.681. The number of fused-ring (bicyclic) bond motifs is 1. The largest absolute Gasteiger partial charge is 0.476 e. The number of para-hydroxylation sites is 2. The molecule has 4 rings (SSSR count). The number of rotatable bonds is 3. The molecule has 9 heteroatoms. The van der Waals surface area contributed by atoms with Gasteiger partial charge in [0.15, 0.2) is 6.10 Å². The van der Waals surface area contributed by atoms with E-state index in [0.717, 1.165) is 5.69 Å². The van der Waals surface area contributed by atoms with Gasteiger partial charge in [0.25, 0.3) is 5.91 Å². The van der Waals surface area contributed by atoms with Crippen molar-refractivity contribution in [2.24, 2.45) is 0 Å². The van der Waals surface area contributed by atoms with Gasteiger partial charge >= 0.3 is 0 Å². The molecule has 2 heterocycles. The molecule has 2 aromatic carbocycles.